The average molecular weight is 269 g/mol. The summed E-state index contributed by atoms with van der Waals surface area (Å²) in [7, 11) is 0. The van der Waals surface area contributed by atoms with Crippen molar-refractivity contribution in [2.24, 2.45) is 0 Å². The van der Waals surface area contributed by atoms with E-state index in [0.29, 0.717) is 11.6 Å². The second-order valence-corrected chi connectivity index (χ2v) is 5.06. The van der Waals surface area contributed by atoms with Crippen LogP contribution in [0, 0.1) is 0 Å². The SMILES string of the molecule is Nc1cnc(Nc2ccc(N3CCCCC3)cc2)nc1. The molecule has 5 nitrogen and oxygen atoms in total. The number of nitrogen functional groups attached to an aromatic ring is 1. The number of anilines is 4. The first-order chi connectivity index (χ1) is 9.81. The molecule has 0 spiro atoms. The maximum Gasteiger partial charge on any atom is 0.227 e. The van der Waals surface area contributed by atoms with Crippen LogP contribution in [0.25, 0.3) is 0 Å². The van der Waals surface area contributed by atoms with Gasteiger partial charge in [0, 0.05) is 24.5 Å². The van der Waals surface area contributed by atoms with E-state index in [1.165, 1.54) is 24.9 Å². The summed E-state index contributed by atoms with van der Waals surface area (Å²) in [6, 6.07) is 8.41. The van der Waals surface area contributed by atoms with Crippen LogP contribution < -0.4 is 16.0 Å². The number of nitrogens with one attached hydrogen (secondary N) is 1. The molecule has 104 valence electrons. The second-order valence-electron chi connectivity index (χ2n) is 5.06. The topological polar surface area (TPSA) is 67.1 Å². The van der Waals surface area contributed by atoms with Crippen LogP contribution in [-0.4, -0.2) is 23.1 Å². The smallest absolute Gasteiger partial charge is 0.227 e. The lowest BCUT2D eigenvalue weighted by Crippen LogP contribution is -2.29. The van der Waals surface area contributed by atoms with Crippen LogP contribution in [0.4, 0.5) is 23.0 Å². The van der Waals surface area contributed by atoms with Gasteiger partial charge < -0.3 is 16.0 Å². The van der Waals surface area contributed by atoms with Crippen LogP contribution in [0.2, 0.25) is 0 Å². The van der Waals surface area contributed by atoms with Crippen LogP contribution in [-0.2, 0) is 0 Å². The van der Waals surface area contributed by atoms with E-state index in [-0.39, 0.29) is 0 Å². The molecule has 0 atom stereocenters. The molecule has 0 radical (unpaired) electrons. The molecule has 0 aliphatic carbocycles. The van der Waals surface area contributed by atoms with Crippen LogP contribution in [0.1, 0.15) is 19.3 Å². The van der Waals surface area contributed by atoms with Gasteiger partial charge in [-0.15, -0.1) is 0 Å². The Morgan fingerprint density at radius 2 is 1.60 bits per heavy atom. The summed E-state index contributed by atoms with van der Waals surface area (Å²) in [6.07, 6.45) is 7.12. The van der Waals surface area contributed by atoms with Crippen LogP contribution in [0.5, 0.6) is 0 Å². The summed E-state index contributed by atoms with van der Waals surface area (Å²) >= 11 is 0. The third kappa shape index (κ3) is 2.99. The van der Waals surface area contributed by atoms with E-state index in [1.807, 2.05) is 0 Å². The molecule has 5 heteroatoms. The standard InChI is InChI=1S/C15H19N5/c16-12-10-17-15(18-11-12)19-13-4-6-14(7-5-13)20-8-2-1-3-9-20/h4-7,10-11H,1-3,8-9,16H2,(H,17,18,19). The Labute approximate surface area is 118 Å². The molecule has 0 amide bonds. The molecule has 0 saturated carbocycles. The van der Waals surface area contributed by atoms with Crippen molar-refractivity contribution in [2.75, 3.05) is 29.0 Å². The molecule has 1 aromatic heterocycles. The van der Waals surface area contributed by atoms with E-state index >= 15 is 0 Å². The average Bonchev–Trinajstić information content (AvgIpc) is 2.51. The zero-order valence-corrected chi connectivity index (χ0v) is 11.4. The van der Waals surface area contributed by atoms with Gasteiger partial charge >= 0.3 is 0 Å². The number of hydrogen-bond acceptors (Lipinski definition) is 5. The lowest BCUT2D eigenvalue weighted by Gasteiger charge is -2.28. The van der Waals surface area contributed by atoms with Crippen molar-refractivity contribution < 1.29 is 0 Å². The number of rotatable bonds is 3. The zero-order chi connectivity index (χ0) is 13.8. The lowest BCUT2D eigenvalue weighted by molar-refractivity contribution is 0.578. The number of hydrogen-bond donors (Lipinski definition) is 2. The van der Waals surface area contributed by atoms with Crippen molar-refractivity contribution in [3.05, 3.63) is 36.7 Å². The van der Waals surface area contributed by atoms with E-state index < -0.39 is 0 Å². The Morgan fingerprint density at radius 1 is 0.950 bits per heavy atom. The molecule has 1 saturated heterocycles. The molecule has 0 unspecified atom stereocenters. The Balaban J connectivity index is 1.67. The molecule has 1 aliphatic rings. The highest BCUT2D eigenvalue weighted by Gasteiger charge is 2.10. The van der Waals surface area contributed by atoms with Crippen LogP contribution >= 0.6 is 0 Å². The molecule has 1 fully saturated rings. The third-order valence-electron chi connectivity index (χ3n) is 3.52. The van der Waals surface area contributed by atoms with Gasteiger partial charge in [-0.05, 0) is 43.5 Å². The van der Waals surface area contributed by atoms with Crippen molar-refractivity contribution in [1.82, 2.24) is 9.97 Å². The van der Waals surface area contributed by atoms with E-state index in [4.69, 9.17) is 5.73 Å². The molecule has 2 heterocycles. The summed E-state index contributed by atoms with van der Waals surface area (Å²) in [5.41, 5.74) is 8.40. The van der Waals surface area contributed by atoms with Crippen molar-refractivity contribution in [1.29, 1.82) is 0 Å². The quantitative estimate of drug-likeness (QED) is 0.896. The normalized spacial score (nSPS) is 15.1. The minimum absolute atomic E-state index is 0.560. The molecule has 2 aromatic rings. The Morgan fingerprint density at radius 3 is 2.25 bits per heavy atom. The molecule has 20 heavy (non-hydrogen) atoms. The molecular formula is C15H19N5. The molecule has 3 N–H and O–H groups in total. The Bertz CT molecular complexity index is 543. The highest BCUT2D eigenvalue weighted by atomic mass is 15.1. The van der Waals surface area contributed by atoms with Crippen molar-refractivity contribution in [3.8, 4) is 0 Å². The van der Waals surface area contributed by atoms with Crippen molar-refractivity contribution in [3.63, 3.8) is 0 Å². The lowest BCUT2D eigenvalue weighted by atomic mass is 10.1. The van der Waals surface area contributed by atoms with Crippen LogP contribution in [0.3, 0.4) is 0 Å². The first-order valence-corrected chi connectivity index (χ1v) is 7.01. The minimum atomic E-state index is 0.560. The molecule has 1 aliphatic heterocycles. The summed E-state index contributed by atoms with van der Waals surface area (Å²) in [4.78, 5) is 10.7. The highest BCUT2D eigenvalue weighted by Crippen LogP contribution is 2.22. The van der Waals surface area contributed by atoms with Gasteiger partial charge in [-0.25, -0.2) is 9.97 Å². The van der Waals surface area contributed by atoms with Gasteiger partial charge in [0.1, 0.15) is 0 Å². The van der Waals surface area contributed by atoms with Gasteiger partial charge in [0.25, 0.3) is 0 Å². The van der Waals surface area contributed by atoms with Gasteiger partial charge in [0.15, 0.2) is 0 Å². The number of aromatic nitrogens is 2. The van der Waals surface area contributed by atoms with E-state index in [2.05, 4.69) is 44.5 Å². The van der Waals surface area contributed by atoms with Crippen LogP contribution in [0.15, 0.2) is 36.7 Å². The molecular weight excluding hydrogens is 250 g/mol. The largest absolute Gasteiger partial charge is 0.396 e. The molecule has 0 bridgehead atoms. The second kappa shape index (κ2) is 5.77. The number of benzene rings is 1. The van der Waals surface area contributed by atoms with Gasteiger partial charge in [-0.1, -0.05) is 0 Å². The fourth-order valence-electron chi connectivity index (χ4n) is 2.44. The summed E-state index contributed by atoms with van der Waals surface area (Å²) in [5.74, 6) is 0.560. The van der Waals surface area contributed by atoms with E-state index in [9.17, 15) is 0 Å². The maximum absolute atomic E-state index is 5.56. The monoisotopic (exact) mass is 269 g/mol. The minimum Gasteiger partial charge on any atom is -0.396 e. The highest BCUT2D eigenvalue weighted by molar-refractivity contribution is 5.59. The summed E-state index contributed by atoms with van der Waals surface area (Å²) in [6.45, 7) is 2.32. The first kappa shape index (κ1) is 12.7. The zero-order valence-electron chi connectivity index (χ0n) is 11.4. The molecule has 1 aromatic carbocycles. The van der Waals surface area contributed by atoms with E-state index in [1.54, 1.807) is 12.4 Å². The fourth-order valence-corrected chi connectivity index (χ4v) is 2.44. The van der Waals surface area contributed by atoms with Crippen molar-refractivity contribution in [2.45, 2.75) is 19.3 Å². The fraction of sp³-hybridized carbons (Fsp3) is 0.333. The maximum atomic E-state index is 5.56. The summed E-state index contributed by atoms with van der Waals surface area (Å²) < 4.78 is 0. The third-order valence-corrected chi connectivity index (χ3v) is 3.52. The predicted octanol–water partition coefficient (Wildman–Crippen LogP) is 2.79. The Kier molecular flexibility index (Phi) is 3.67. The van der Waals surface area contributed by atoms with Gasteiger partial charge in [0.05, 0.1) is 18.1 Å². The van der Waals surface area contributed by atoms with Crippen molar-refractivity contribution >= 4 is 23.0 Å². The number of nitrogens with zero attached hydrogens (tertiary/aromatic N) is 3. The first-order valence-electron chi connectivity index (χ1n) is 7.01. The Hall–Kier alpha value is -2.30. The molecule has 3 rings (SSSR count). The van der Waals surface area contributed by atoms with Gasteiger partial charge in [0.2, 0.25) is 5.95 Å². The summed E-state index contributed by atoms with van der Waals surface area (Å²) in [5, 5.41) is 3.16. The number of nitrogens with two attached hydrogens (primary N) is 1. The van der Waals surface area contributed by atoms with Gasteiger partial charge in [-0.2, -0.15) is 0 Å². The number of piperidine rings is 1. The van der Waals surface area contributed by atoms with Gasteiger partial charge in [-0.3, -0.25) is 0 Å². The predicted molar refractivity (Wildman–Crippen MR) is 82.2 cm³/mol. The van der Waals surface area contributed by atoms with E-state index in [0.717, 1.165) is 18.8 Å².